The maximum Gasteiger partial charge on any atom is 0.306 e. The van der Waals surface area contributed by atoms with Gasteiger partial charge in [-0.3, -0.25) is 9.59 Å². The Morgan fingerprint density at radius 1 is 1.00 bits per heavy atom. The van der Waals surface area contributed by atoms with Crippen molar-refractivity contribution in [3.05, 3.63) is 78.2 Å². The van der Waals surface area contributed by atoms with Crippen LogP contribution < -0.4 is 5.32 Å². The third-order valence-corrected chi connectivity index (χ3v) is 4.82. The van der Waals surface area contributed by atoms with E-state index in [0.717, 1.165) is 23.0 Å². The van der Waals surface area contributed by atoms with E-state index in [0.29, 0.717) is 6.42 Å². The van der Waals surface area contributed by atoms with E-state index in [1.807, 2.05) is 54.6 Å². The zero-order valence-corrected chi connectivity index (χ0v) is 16.5. The summed E-state index contributed by atoms with van der Waals surface area (Å²) in [7, 11) is 0. The average Bonchev–Trinajstić information content (AvgIpc) is 2.74. The van der Waals surface area contributed by atoms with E-state index >= 15 is 0 Å². The molecule has 154 valence electrons. The average molecular weight is 405 g/mol. The van der Waals surface area contributed by atoms with Gasteiger partial charge in [0.15, 0.2) is 0 Å². The molecule has 2 atom stereocenters. The Morgan fingerprint density at radius 3 is 2.30 bits per heavy atom. The molecule has 3 aromatic rings. The summed E-state index contributed by atoms with van der Waals surface area (Å²) in [6, 6.07) is 18.7. The van der Waals surface area contributed by atoms with Gasteiger partial charge in [-0.05, 0) is 29.5 Å². The van der Waals surface area contributed by atoms with Gasteiger partial charge < -0.3 is 15.5 Å². The molecule has 0 aliphatic carbocycles. The molecule has 7 heteroatoms. The van der Waals surface area contributed by atoms with Gasteiger partial charge in [-0.25, -0.2) is 9.97 Å². The summed E-state index contributed by atoms with van der Waals surface area (Å²) in [6.07, 6.45) is 1.83. The van der Waals surface area contributed by atoms with Crippen molar-refractivity contribution in [1.29, 1.82) is 0 Å². The molecule has 7 nitrogen and oxygen atoms in total. The van der Waals surface area contributed by atoms with Gasteiger partial charge >= 0.3 is 5.97 Å². The first-order valence-corrected chi connectivity index (χ1v) is 9.61. The lowest BCUT2D eigenvalue weighted by Crippen LogP contribution is -2.39. The minimum atomic E-state index is -0.923. The molecule has 1 aromatic heterocycles. The summed E-state index contributed by atoms with van der Waals surface area (Å²) in [4.78, 5) is 31.3. The Balaban J connectivity index is 1.75. The van der Waals surface area contributed by atoms with Crippen molar-refractivity contribution in [3.8, 4) is 17.0 Å². The highest BCUT2D eigenvalue weighted by Gasteiger charge is 2.22. The van der Waals surface area contributed by atoms with Crippen LogP contribution in [0.2, 0.25) is 0 Å². The quantitative estimate of drug-likeness (QED) is 0.530. The van der Waals surface area contributed by atoms with Crippen molar-refractivity contribution in [3.63, 3.8) is 0 Å². The first-order chi connectivity index (χ1) is 14.4. The number of carbonyl (C=O) groups is 2. The molecule has 0 spiro atoms. The molecule has 1 heterocycles. The number of aliphatic carboxylic acids is 1. The molecule has 0 saturated carbocycles. The molecule has 30 heavy (non-hydrogen) atoms. The van der Waals surface area contributed by atoms with Crippen molar-refractivity contribution in [2.75, 3.05) is 0 Å². The first kappa shape index (κ1) is 21.0. The van der Waals surface area contributed by atoms with Crippen molar-refractivity contribution in [2.24, 2.45) is 5.92 Å². The summed E-state index contributed by atoms with van der Waals surface area (Å²) in [5, 5.41) is 21.6. The number of amides is 1. The fourth-order valence-corrected chi connectivity index (χ4v) is 3.20. The maximum absolute atomic E-state index is 12.5. The predicted molar refractivity (Wildman–Crippen MR) is 112 cm³/mol. The van der Waals surface area contributed by atoms with Gasteiger partial charge in [-0.1, -0.05) is 61.5 Å². The SMILES string of the molecule is C[C@H](C[C@@H](Cc1ccc(-c2ccccc2)cc1)NC(=O)c1cc(O)ncn1)C(=O)O. The van der Waals surface area contributed by atoms with E-state index in [4.69, 9.17) is 0 Å². The minimum Gasteiger partial charge on any atom is -0.493 e. The number of carbonyl (C=O) groups excluding carboxylic acids is 1. The third kappa shape index (κ3) is 5.64. The fourth-order valence-electron chi connectivity index (χ4n) is 3.20. The number of carboxylic acid groups (broad SMARTS) is 1. The van der Waals surface area contributed by atoms with Crippen LogP contribution in [0.3, 0.4) is 0 Å². The Hall–Kier alpha value is -3.74. The van der Waals surface area contributed by atoms with E-state index in [1.165, 1.54) is 6.07 Å². The van der Waals surface area contributed by atoms with E-state index in [9.17, 15) is 19.8 Å². The Labute approximate surface area is 174 Å². The molecule has 3 rings (SSSR count). The van der Waals surface area contributed by atoms with Gasteiger partial charge in [0.25, 0.3) is 5.91 Å². The van der Waals surface area contributed by atoms with Crippen LogP contribution in [-0.2, 0) is 11.2 Å². The molecular weight excluding hydrogens is 382 g/mol. The van der Waals surface area contributed by atoms with E-state index in [-0.39, 0.29) is 18.0 Å². The number of rotatable bonds is 8. The number of aromatic hydroxyl groups is 1. The maximum atomic E-state index is 12.5. The van der Waals surface area contributed by atoms with Gasteiger partial charge in [0.2, 0.25) is 5.88 Å². The second kappa shape index (κ2) is 9.65. The lowest BCUT2D eigenvalue weighted by Gasteiger charge is -2.21. The van der Waals surface area contributed by atoms with Gasteiger partial charge in [-0.15, -0.1) is 0 Å². The fraction of sp³-hybridized carbons (Fsp3) is 0.217. The molecule has 3 N–H and O–H groups in total. The Kier molecular flexibility index (Phi) is 6.75. The van der Waals surface area contributed by atoms with Gasteiger partial charge in [0, 0.05) is 12.1 Å². The van der Waals surface area contributed by atoms with Crippen LogP contribution >= 0.6 is 0 Å². The largest absolute Gasteiger partial charge is 0.493 e. The van der Waals surface area contributed by atoms with Gasteiger partial charge in [0.05, 0.1) is 5.92 Å². The number of nitrogens with one attached hydrogen (secondary N) is 1. The summed E-state index contributed by atoms with van der Waals surface area (Å²) in [5.74, 6) is -2.34. The Morgan fingerprint density at radius 2 is 1.67 bits per heavy atom. The van der Waals surface area contributed by atoms with Crippen molar-refractivity contribution < 1.29 is 19.8 Å². The van der Waals surface area contributed by atoms with Crippen molar-refractivity contribution >= 4 is 11.9 Å². The van der Waals surface area contributed by atoms with Gasteiger partial charge in [-0.2, -0.15) is 0 Å². The lowest BCUT2D eigenvalue weighted by molar-refractivity contribution is -0.141. The van der Waals surface area contributed by atoms with Crippen LogP contribution in [-0.4, -0.2) is 38.1 Å². The lowest BCUT2D eigenvalue weighted by atomic mass is 9.95. The minimum absolute atomic E-state index is 0.0231. The predicted octanol–water partition coefficient (Wildman–Crippen LogP) is 3.30. The van der Waals surface area contributed by atoms with Crippen molar-refractivity contribution in [1.82, 2.24) is 15.3 Å². The van der Waals surface area contributed by atoms with Crippen LogP contribution in [0.1, 0.15) is 29.4 Å². The van der Waals surface area contributed by atoms with Crippen LogP contribution in [0.5, 0.6) is 5.88 Å². The molecule has 0 fully saturated rings. The number of hydrogen-bond donors (Lipinski definition) is 3. The molecule has 2 aromatic carbocycles. The van der Waals surface area contributed by atoms with Crippen LogP contribution in [0.15, 0.2) is 67.0 Å². The molecule has 0 aliphatic heterocycles. The Bertz CT molecular complexity index is 1010. The zero-order valence-electron chi connectivity index (χ0n) is 16.5. The molecular formula is C23H23N3O4. The van der Waals surface area contributed by atoms with Crippen LogP contribution in [0.4, 0.5) is 0 Å². The summed E-state index contributed by atoms with van der Waals surface area (Å²) in [6.45, 7) is 1.61. The van der Waals surface area contributed by atoms with Crippen LogP contribution in [0, 0.1) is 5.92 Å². The monoisotopic (exact) mass is 405 g/mol. The molecule has 0 radical (unpaired) electrons. The summed E-state index contributed by atoms with van der Waals surface area (Å²) < 4.78 is 0. The highest BCUT2D eigenvalue weighted by molar-refractivity contribution is 5.92. The number of carboxylic acids is 1. The number of aromatic nitrogens is 2. The standard InChI is InChI=1S/C23H23N3O4/c1-15(23(29)30)11-19(26-22(28)20-13-21(27)25-14-24-20)12-16-7-9-18(10-8-16)17-5-3-2-4-6-17/h2-10,13-15,19H,11-12H2,1H3,(H,26,28)(H,29,30)(H,24,25,27)/t15-,19+/m1/s1. The zero-order chi connectivity index (χ0) is 21.5. The third-order valence-electron chi connectivity index (χ3n) is 4.82. The molecule has 0 unspecified atom stereocenters. The number of hydrogen-bond acceptors (Lipinski definition) is 5. The number of benzene rings is 2. The van der Waals surface area contributed by atoms with E-state index in [2.05, 4.69) is 15.3 Å². The molecule has 0 aliphatic rings. The normalized spacial score (nSPS) is 12.7. The second-order valence-electron chi connectivity index (χ2n) is 7.17. The summed E-state index contributed by atoms with van der Waals surface area (Å²) >= 11 is 0. The van der Waals surface area contributed by atoms with Crippen molar-refractivity contribution in [2.45, 2.75) is 25.8 Å². The highest BCUT2D eigenvalue weighted by Crippen LogP contribution is 2.21. The smallest absolute Gasteiger partial charge is 0.306 e. The van der Waals surface area contributed by atoms with E-state index in [1.54, 1.807) is 6.92 Å². The summed E-state index contributed by atoms with van der Waals surface area (Å²) in [5.41, 5.74) is 3.19. The molecule has 0 saturated heterocycles. The molecule has 1 amide bonds. The topological polar surface area (TPSA) is 112 Å². The first-order valence-electron chi connectivity index (χ1n) is 9.61. The van der Waals surface area contributed by atoms with Gasteiger partial charge in [0.1, 0.15) is 12.0 Å². The number of nitrogens with zero attached hydrogens (tertiary/aromatic N) is 2. The second-order valence-corrected chi connectivity index (χ2v) is 7.17. The van der Waals surface area contributed by atoms with E-state index < -0.39 is 23.8 Å². The van der Waals surface area contributed by atoms with Crippen LogP contribution in [0.25, 0.3) is 11.1 Å². The highest BCUT2D eigenvalue weighted by atomic mass is 16.4. The molecule has 0 bridgehead atoms.